The molecular weight excluding hydrogens is 312 g/mol. The van der Waals surface area contributed by atoms with Crippen LogP contribution in [0.2, 0.25) is 0 Å². The van der Waals surface area contributed by atoms with Crippen LogP contribution in [0.5, 0.6) is 0 Å². The van der Waals surface area contributed by atoms with Gasteiger partial charge in [-0.15, -0.1) is 0 Å². The van der Waals surface area contributed by atoms with Crippen molar-refractivity contribution in [3.05, 3.63) is 23.3 Å². The molecule has 0 radical (unpaired) electrons. The first kappa shape index (κ1) is 20.1. The number of rotatable bonds is 6. The van der Waals surface area contributed by atoms with E-state index in [1.807, 2.05) is 20.8 Å². The molecular formula is C18H26O6. The molecule has 1 unspecified atom stereocenters. The lowest BCUT2D eigenvalue weighted by Gasteiger charge is -2.27. The lowest BCUT2D eigenvalue weighted by molar-refractivity contribution is -0.155. The minimum absolute atomic E-state index is 0.275. The van der Waals surface area contributed by atoms with Crippen molar-refractivity contribution in [2.45, 2.75) is 59.4 Å². The highest BCUT2D eigenvalue weighted by Gasteiger charge is 2.52. The third-order valence-corrected chi connectivity index (χ3v) is 3.84. The fraction of sp³-hybridized carbons (Fsp3) is 0.611. The Morgan fingerprint density at radius 2 is 1.96 bits per heavy atom. The third-order valence-electron chi connectivity index (χ3n) is 3.84. The molecule has 1 rings (SSSR count). The highest BCUT2D eigenvalue weighted by molar-refractivity contribution is 5.89. The van der Waals surface area contributed by atoms with E-state index in [2.05, 4.69) is 4.74 Å². The van der Waals surface area contributed by atoms with Crippen LogP contribution in [0.3, 0.4) is 0 Å². The molecule has 0 aromatic heterocycles. The second-order valence-electron chi connectivity index (χ2n) is 7.07. The average Bonchev–Trinajstić information content (AvgIpc) is 2.80. The maximum Gasteiger partial charge on any atom is 0.344 e. The molecule has 1 aliphatic rings. The summed E-state index contributed by atoms with van der Waals surface area (Å²) in [7, 11) is 1.26. The van der Waals surface area contributed by atoms with Crippen molar-refractivity contribution in [2.75, 3.05) is 7.11 Å². The number of aldehydes is 1. The average molecular weight is 338 g/mol. The van der Waals surface area contributed by atoms with Gasteiger partial charge in [-0.25, -0.2) is 9.59 Å². The number of carbonyl (C=O) groups is 3. The van der Waals surface area contributed by atoms with Gasteiger partial charge in [-0.3, -0.25) is 0 Å². The van der Waals surface area contributed by atoms with Gasteiger partial charge in [-0.05, 0) is 25.8 Å². The molecule has 134 valence electrons. The minimum Gasteiger partial charge on any atom is -0.466 e. The van der Waals surface area contributed by atoms with Gasteiger partial charge >= 0.3 is 11.9 Å². The highest BCUT2D eigenvalue weighted by atomic mass is 16.8. The number of cyclic esters (lactones) is 1. The van der Waals surface area contributed by atoms with Crippen LogP contribution in [0.1, 0.15) is 47.5 Å². The van der Waals surface area contributed by atoms with Crippen LogP contribution in [-0.4, -0.2) is 37.2 Å². The number of ether oxygens (including phenoxy) is 3. The molecule has 6 nitrogen and oxygen atoms in total. The van der Waals surface area contributed by atoms with E-state index in [4.69, 9.17) is 9.47 Å². The van der Waals surface area contributed by atoms with Crippen LogP contribution in [0.4, 0.5) is 0 Å². The molecule has 0 aliphatic carbocycles. The van der Waals surface area contributed by atoms with E-state index >= 15 is 0 Å². The Balaban J connectivity index is 3.16. The van der Waals surface area contributed by atoms with E-state index in [0.29, 0.717) is 5.57 Å². The Kier molecular flexibility index (Phi) is 6.49. The lowest BCUT2D eigenvalue weighted by Crippen LogP contribution is -2.36. The van der Waals surface area contributed by atoms with Crippen molar-refractivity contribution in [1.29, 1.82) is 0 Å². The number of methoxy groups -OCH3 is 1. The first-order valence-electron chi connectivity index (χ1n) is 7.81. The Morgan fingerprint density at radius 1 is 1.33 bits per heavy atom. The van der Waals surface area contributed by atoms with Gasteiger partial charge < -0.3 is 19.0 Å². The van der Waals surface area contributed by atoms with Crippen LogP contribution >= 0.6 is 0 Å². The summed E-state index contributed by atoms with van der Waals surface area (Å²) < 4.78 is 15.9. The van der Waals surface area contributed by atoms with Crippen LogP contribution in [-0.2, 0) is 28.6 Å². The number of hydrogen-bond donors (Lipinski definition) is 0. The van der Waals surface area contributed by atoms with Gasteiger partial charge in [0.1, 0.15) is 6.29 Å². The predicted molar refractivity (Wildman–Crippen MR) is 88.0 cm³/mol. The molecule has 1 heterocycles. The second kappa shape index (κ2) is 7.75. The van der Waals surface area contributed by atoms with Gasteiger partial charge in [0.05, 0.1) is 7.11 Å². The first-order chi connectivity index (χ1) is 11.0. The van der Waals surface area contributed by atoms with Gasteiger partial charge in [0.25, 0.3) is 0 Å². The summed E-state index contributed by atoms with van der Waals surface area (Å²) in [4.78, 5) is 34.7. The molecule has 0 N–H and O–H groups in total. The zero-order valence-electron chi connectivity index (χ0n) is 15.2. The van der Waals surface area contributed by atoms with E-state index in [1.54, 1.807) is 19.9 Å². The zero-order chi connectivity index (χ0) is 18.5. The fourth-order valence-electron chi connectivity index (χ4n) is 2.15. The van der Waals surface area contributed by atoms with Crippen LogP contribution in [0.25, 0.3) is 0 Å². The molecule has 0 saturated carbocycles. The minimum atomic E-state index is -1.37. The Hall–Kier alpha value is -1.95. The van der Waals surface area contributed by atoms with Gasteiger partial charge in [0.15, 0.2) is 5.60 Å². The lowest BCUT2D eigenvalue weighted by atomic mass is 9.91. The van der Waals surface area contributed by atoms with Crippen molar-refractivity contribution in [2.24, 2.45) is 5.41 Å². The van der Waals surface area contributed by atoms with Gasteiger partial charge in [-0.1, -0.05) is 32.4 Å². The van der Waals surface area contributed by atoms with Gasteiger partial charge in [-0.2, -0.15) is 0 Å². The molecule has 0 aromatic carbocycles. The van der Waals surface area contributed by atoms with Crippen molar-refractivity contribution >= 4 is 18.2 Å². The van der Waals surface area contributed by atoms with Crippen molar-refractivity contribution in [1.82, 2.24) is 0 Å². The quantitative estimate of drug-likeness (QED) is 0.321. The standard InChI is InChI=1S/C18H26O6/c1-12(9-10-19)7-8-13(11-14(20)22-6)18(5)15(21)23-16(24-18)17(2,3)4/h7,10-11,16H,8-9H2,1-6H3/b12-7-,13-11+/t16?,18-/m1/s1. The number of esters is 2. The van der Waals surface area contributed by atoms with Gasteiger partial charge in [0.2, 0.25) is 6.29 Å². The maximum atomic E-state index is 12.4. The third kappa shape index (κ3) is 4.77. The van der Waals surface area contributed by atoms with Crippen molar-refractivity contribution < 1.29 is 28.6 Å². The summed E-state index contributed by atoms with van der Waals surface area (Å²) in [5, 5.41) is 0. The van der Waals surface area contributed by atoms with Crippen molar-refractivity contribution in [3.63, 3.8) is 0 Å². The summed E-state index contributed by atoms with van der Waals surface area (Å²) >= 11 is 0. The monoisotopic (exact) mass is 338 g/mol. The molecule has 1 fully saturated rings. The molecule has 1 saturated heterocycles. The highest BCUT2D eigenvalue weighted by Crippen LogP contribution is 2.39. The summed E-state index contributed by atoms with van der Waals surface area (Å²) in [6, 6.07) is 0. The van der Waals surface area contributed by atoms with E-state index in [0.717, 1.165) is 11.9 Å². The molecule has 6 heteroatoms. The maximum absolute atomic E-state index is 12.4. The summed E-state index contributed by atoms with van der Waals surface area (Å²) in [6.07, 6.45) is 3.69. The smallest absolute Gasteiger partial charge is 0.344 e. The predicted octanol–water partition coefficient (Wildman–Crippen LogP) is 2.72. The zero-order valence-corrected chi connectivity index (χ0v) is 15.2. The molecule has 0 amide bonds. The molecule has 0 spiro atoms. The van der Waals surface area contributed by atoms with E-state index in [1.165, 1.54) is 13.2 Å². The summed E-state index contributed by atoms with van der Waals surface area (Å²) in [6.45, 7) is 9.08. The SMILES string of the molecule is COC(=O)/C=C(\C/C=C(/C)CC=O)[C@@]1(C)OC(C(C)(C)C)OC1=O. The van der Waals surface area contributed by atoms with Crippen molar-refractivity contribution in [3.8, 4) is 0 Å². The normalized spacial score (nSPS) is 25.4. The van der Waals surface area contributed by atoms with E-state index < -0.39 is 29.2 Å². The molecule has 24 heavy (non-hydrogen) atoms. The summed E-state index contributed by atoms with van der Waals surface area (Å²) in [5.41, 5.74) is -0.503. The van der Waals surface area contributed by atoms with Crippen LogP contribution < -0.4 is 0 Å². The molecule has 2 atom stereocenters. The second-order valence-corrected chi connectivity index (χ2v) is 7.07. The van der Waals surface area contributed by atoms with E-state index in [-0.39, 0.29) is 12.8 Å². The fourth-order valence-corrected chi connectivity index (χ4v) is 2.15. The number of allylic oxidation sites excluding steroid dienone is 2. The first-order valence-corrected chi connectivity index (χ1v) is 7.81. The topological polar surface area (TPSA) is 78.9 Å². The Bertz CT molecular complexity index is 567. The van der Waals surface area contributed by atoms with Gasteiger partial charge in [0, 0.05) is 17.9 Å². The Labute approximate surface area is 142 Å². The Morgan fingerprint density at radius 3 is 2.42 bits per heavy atom. The molecule has 1 aliphatic heterocycles. The molecule has 0 bridgehead atoms. The largest absolute Gasteiger partial charge is 0.466 e. The van der Waals surface area contributed by atoms with E-state index in [9.17, 15) is 14.4 Å². The summed E-state index contributed by atoms with van der Waals surface area (Å²) in [5.74, 6) is -1.12. The van der Waals surface area contributed by atoms with Crippen LogP contribution in [0.15, 0.2) is 23.3 Å². The number of carbonyl (C=O) groups excluding carboxylic acids is 3. The molecule has 0 aromatic rings. The van der Waals surface area contributed by atoms with Crippen LogP contribution in [0, 0.1) is 5.41 Å². The number of hydrogen-bond acceptors (Lipinski definition) is 6.